The monoisotopic (exact) mass is 492 g/mol. The fourth-order valence-corrected chi connectivity index (χ4v) is 8.60. The number of aliphatic hydroxyl groups is 1. The molecule has 1 heterocycles. The lowest BCUT2D eigenvalue weighted by Crippen LogP contribution is -2.70. The van der Waals surface area contributed by atoms with Gasteiger partial charge in [-0.2, -0.15) is 0 Å². The molecule has 3 aliphatic carbocycles. The zero-order valence-corrected chi connectivity index (χ0v) is 22.3. The number of ether oxygens (including phenoxy) is 3. The molecule has 4 rings (SSSR count). The average molecular weight is 493 g/mol. The standard InChI is InChI=1S/C28H44O7/c1-7-22(30)34-15-28-10-8-9-26(4,5)20(28)13-21(35-23(31)11-16(2)3)27(6)18-14-33-25(32)17(18)12-19(29)24(27)28/h16-21,24,29H,7-15H2,1-6H3/t17-,18-,19+,20+,21-,24+,27-,28-/m1/s1. The molecule has 0 unspecified atom stereocenters. The van der Waals surface area contributed by atoms with Crippen LogP contribution in [0, 0.1) is 45.8 Å². The summed E-state index contributed by atoms with van der Waals surface area (Å²) in [4.78, 5) is 38.0. The molecule has 0 radical (unpaired) electrons. The van der Waals surface area contributed by atoms with E-state index in [-0.39, 0.29) is 60.2 Å². The van der Waals surface area contributed by atoms with Crippen LogP contribution in [0.5, 0.6) is 0 Å². The van der Waals surface area contributed by atoms with Gasteiger partial charge >= 0.3 is 17.9 Å². The van der Waals surface area contributed by atoms with E-state index in [1.807, 2.05) is 13.8 Å². The summed E-state index contributed by atoms with van der Waals surface area (Å²) in [5.74, 6) is -1.28. The molecule has 35 heavy (non-hydrogen) atoms. The molecule has 1 aliphatic heterocycles. The molecule has 7 nitrogen and oxygen atoms in total. The molecule has 0 amide bonds. The molecule has 0 bridgehead atoms. The minimum Gasteiger partial charge on any atom is -0.465 e. The van der Waals surface area contributed by atoms with Crippen LogP contribution in [0.2, 0.25) is 0 Å². The van der Waals surface area contributed by atoms with Gasteiger partial charge < -0.3 is 19.3 Å². The van der Waals surface area contributed by atoms with Crippen molar-refractivity contribution in [1.82, 2.24) is 0 Å². The lowest BCUT2D eigenvalue weighted by Gasteiger charge is -2.68. The summed E-state index contributed by atoms with van der Waals surface area (Å²) in [6.07, 6.45) is 3.25. The van der Waals surface area contributed by atoms with Gasteiger partial charge in [0.2, 0.25) is 0 Å². The van der Waals surface area contributed by atoms with Crippen molar-refractivity contribution < 1.29 is 33.7 Å². The maximum absolute atomic E-state index is 13.0. The third-order valence-corrected chi connectivity index (χ3v) is 10.0. The second-order valence-electron chi connectivity index (χ2n) is 12.9. The molecular formula is C28H44O7. The number of carbonyl (C=O) groups excluding carboxylic acids is 3. The van der Waals surface area contributed by atoms with Crippen molar-refractivity contribution in [2.45, 2.75) is 98.7 Å². The quantitative estimate of drug-likeness (QED) is 0.436. The molecule has 4 fully saturated rings. The van der Waals surface area contributed by atoms with Crippen LogP contribution < -0.4 is 0 Å². The zero-order chi connectivity index (χ0) is 25.8. The number of aliphatic hydroxyl groups excluding tert-OH is 1. The molecule has 0 aromatic heterocycles. The lowest BCUT2D eigenvalue weighted by molar-refractivity contribution is -0.270. The van der Waals surface area contributed by atoms with Gasteiger partial charge in [-0.15, -0.1) is 0 Å². The summed E-state index contributed by atoms with van der Waals surface area (Å²) in [6.45, 7) is 12.9. The molecule has 1 N–H and O–H groups in total. The van der Waals surface area contributed by atoms with Gasteiger partial charge in [-0.25, -0.2) is 0 Å². The normalized spacial score (nSPS) is 41.9. The smallest absolute Gasteiger partial charge is 0.309 e. The fourth-order valence-electron chi connectivity index (χ4n) is 8.60. The van der Waals surface area contributed by atoms with E-state index in [1.54, 1.807) is 6.92 Å². The summed E-state index contributed by atoms with van der Waals surface area (Å²) < 4.78 is 17.7. The van der Waals surface area contributed by atoms with E-state index in [2.05, 4.69) is 20.8 Å². The highest BCUT2D eigenvalue weighted by molar-refractivity contribution is 5.75. The van der Waals surface area contributed by atoms with E-state index in [1.165, 1.54) is 0 Å². The summed E-state index contributed by atoms with van der Waals surface area (Å²) in [5, 5.41) is 11.7. The molecule has 7 heteroatoms. The highest BCUT2D eigenvalue weighted by Gasteiger charge is 2.72. The van der Waals surface area contributed by atoms with E-state index in [9.17, 15) is 19.5 Å². The largest absolute Gasteiger partial charge is 0.465 e. The zero-order valence-electron chi connectivity index (χ0n) is 22.3. The van der Waals surface area contributed by atoms with Crippen molar-refractivity contribution in [3.63, 3.8) is 0 Å². The summed E-state index contributed by atoms with van der Waals surface area (Å²) in [5.41, 5.74) is -1.18. The Bertz CT molecular complexity index is 850. The highest BCUT2D eigenvalue weighted by atomic mass is 16.6. The Morgan fingerprint density at radius 2 is 1.86 bits per heavy atom. The fraction of sp³-hybridized carbons (Fsp3) is 0.893. The molecular weight excluding hydrogens is 448 g/mol. The van der Waals surface area contributed by atoms with Crippen LogP contribution in [0.15, 0.2) is 0 Å². The van der Waals surface area contributed by atoms with E-state index in [0.29, 0.717) is 25.7 Å². The van der Waals surface area contributed by atoms with Crippen molar-refractivity contribution in [2.75, 3.05) is 13.2 Å². The van der Waals surface area contributed by atoms with Crippen molar-refractivity contribution in [3.8, 4) is 0 Å². The van der Waals surface area contributed by atoms with Gasteiger partial charge in [0.25, 0.3) is 0 Å². The van der Waals surface area contributed by atoms with Crippen molar-refractivity contribution >= 4 is 17.9 Å². The second-order valence-corrected chi connectivity index (χ2v) is 12.9. The van der Waals surface area contributed by atoms with Crippen LogP contribution in [-0.4, -0.2) is 48.4 Å². The first kappa shape index (κ1) is 26.4. The van der Waals surface area contributed by atoms with E-state index in [0.717, 1.165) is 19.3 Å². The number of cyclic esters (lactones) is 1. The Kier molecular flexibility index (Phi) is 7.06. The van der Waals surface area contributed by atoms with Crippen LogP contribution >= 0.6 is 0 Å². The average Bonchev–Trinajstić information content (AvgIpc) is 3.13. The number of hydrogen-bond donors (Lipinski definition) is 1. The van der Waals surface area contributed by atoms with E-state index in [4.69, 9.17) is 14.2 Å². The summed E-state index contributed by atoms with van der Waals surface area (Å²) in [7, 11) is 0. The maximum Gasteiger partial charge on any atom is 0.309 e. The first-order chi connectivity index (χ1) is 16.4. The highest BCUT2D eigenvalue weighted by Crippen LogP contribution is 2.70. The molecule has 4 aliphatic rings. The third kappa shape index (κ3) is 4.30. The van der Waals surface area contributed by atoms with Gasteiger partial charge in [0.05, 0.1) is 25.2 Å². The van der Waals surface area contributed by atoms with Crippen LogP contribution in [0.4, 0.5) is 0 Å². The number of esters is 3. The Balaban J connectivity index is 1.83. The molecule has 198 valence electrons. The third-order valence-electron chi connectivity index (χ3n) is 10.0. The Labute approximate surface area is 209 Å². The lowest BCUT2D eigenvalue weighted by atomic mass is 9.37. The Morgan fingerprint density at radius 3 is 2.51 bits per heavy atom. The van der Waals surface area contributed by atoms with E-state index < -0.39 is 29.0 Å². The topological polar surface area (TPSA) is 99.1 Å². The molecule has 0 aromatic carbocycles. The predicted molar refractivity (Wildman–Crippen MR) is 129 cm³/mol. The number of hydrogen-bond acceptors (Lipinski definition) is 7. The van der Waals surface area contributed by atoms with Crippen molar-refractivity contribution in [1.29, 1.82) is 0 Å². The molecule has 1 saturated heterocycles. The number of rotatable bonds is 6. The van der Waals surface area contributed by atoms with Crippen LogP contribution in [0.1, 0.15) is 86.5 Å². The van der Waals surface area contributed by atoms with Gasteiger partial charge in [0, 0.05) is 35.5 Å². The maximum atomic E-state index is 13.0. The SMILES string of the molecule is CCC(=O)OC[C@]12CCCC(C)(C)[C@@H]1C[C@@H](OC(=O)CC(C)C)[C@@]1(C)[C@@H]3COC(=O)[C@@H]3C[C@H](O)[C@H]21. The van der Waals surface area contributed by atoms with E-state index >= 15 is 0 Å². The summed E-state index contributed by atoms with van der Waals surface area (Å²) in [6, 6.07) is 0. The number of fused-ring (bicyclic) bond motifs is 5. The Morgan fingerprint density at radius 1 is 1.14 bits per heavy atom. The minimum atomic E-state index is -0.768. The molecule has 0 aromatic rings. The molecule has 8 atom stereocenters. The number of carbonyl (C=O) groups is 3. The van der Waals surface area contributed by atoms with Crippen LogP contribution in [0.25, 0.3) is 0 Å². The Hall–Kier alpha value is -1.63. The van der Waals surface area contributed by atoms with Crippen LogP contribution in [-0.2, 0) is 28.6 Å². The van der Waals surface area contributed by atoms with Gasteiger partial charge in [0.15, 0.2) is 0 Å². The van der Waals surface area contributed by atoms with Crippen molar-refractivity contribution in [3.05, 3.63) is 0 Å². The first-order valence-corrected chi connectivity index (χ1v) is 13.6. The summed E-state index contributed by atoms with van der Waals surface area (Å²) >= 11 is 0. The van der Waals surface area contributed by atoms with Gasteiger partial charge in [-0.1, -0.05) is 48.0 Å². The van der Waals surface area contributed by atoms with Gasteiger partial charge in [-0.05, 0) is 42.9 Å². The first-order valence-electron chi connectivity index (χ1n) is 13.6. The van der Waals surface area contributed by atoms with Crippen molar-refractivity contribution in [2.24, 2.45) is 45.8 Å². The molecule has 3 saturated carbocycles. The van der Waals surface area contributed by atoms with Crippen LogP contribution in [0.3, 0.4) is 0 Å². The molecule has 0 spiro atoms. The minimum absolute atomic E-state index is 0.0700. The predicted octanol–water partition coefficient (Wildman–Crippen LogP) is 4.29. The second kappa shape index (κ2) is 9.35. The van der Waals surface area contributed by atoms with Gasteiger partial charge in [-0.3, -0.25) is 14.4 Å². The van der Waals surface area contributed by atoms with Gasteiger partial charge in [0.1, 0.15) is 6.10 Å².